The molecule has 0 aromatic heterocycles. The molecule has 3 heterocycles. The first-order valence-electron chi connectivity index (χ1n) is 10.9. The van der Waals surface area contributed by atoms with Crippen LogP contribution in [0.25, 0.3) is 0 Å². The van der Waals surface area contributed by atoms with E-state index in [0.29, 0.717) is 6.04 Å². The molecule has 2 saturated heterocycles. The summed E-state index contributed by atoms with van der Waals surface area (Å²) in [6.07, 6.45) is 5.69. The maximum atomic E-state index is 13.2. The van der Waals surface area contributed by atoms with Gasteiger partial charge in [0.2, 0.25) is 0 Å². The number of amides is 1. The van der Waals surface area contributed by atoms with Gasteiger partial charge >= 0.3 is 12.1 Å². The number of methoxy groups -OCH3 is 2. The van der Waals surface area contributed by atoms with Gasteiger partial charge in [0, 0.05) is 11.5 Å². The molecule has 5 fully saturated rings. The first-order chi connectivity index (χ1) is 14.1. The first-order valence-corrected chi connectivity index (χ1v) is 10.9. The fourth-order valence-corrected chi connectivity index (χ4v) is 8.59. The average Bonchev–Trinajstić information content (AvgIpc) is 3.29. The van der Waals surface area contributed by atoms with Gasteiger partial charge in [-0.05, 0) is 68.7 Å². The quantitative estimate of drug-likeness (QED) is 0.683. The number of carbonyl (C=O) groups excluding carboxylic acids is 2. The second-order valence-corrected chi connectivity index (χ2v) is 9.65. The zero-order valence-corrected chi connectivity index (χ0v) is 17.1. The average molecular weight is 396 g/mol. The Hall–Kier alpha value is -2.08. The van der Waals surface area contributed by atoms with Crippen molar-refractivity contribution in [2.24, 2.45) is 11.3 Å². The third-order valence-electron chi connectivity index (χ3n) is 9.16. The Morgan fingerprint density at radius 1 is 1.03 bits per heavy atom. The molecule has 2 bridgehead atoms. The topological polar surface area (TPSA) is 59.1 Å². The summed E-state index contributed by atoms with van der Waals surface area (Å²) in [4.78, 5) is 31.0. The second kappa shape index (κ2) is 5.54. The first kappa shape index (κ1) is 17.8. The Labute approximate surface area is 171 Å². The molecule has 6 nitrogen and oxygen atoms in total. The molecular weight excluding hydrogens is 368 g/mol. The van der Waals surface area contributed by atoms with Gasteiger partial charge in [0.25, 0.3) is 0 Å². The highest BCUT2D eigenvalue weighted by Crippen LogP contribution is 2.75. The third kappa shape index (κ3) is 1.72. The second-order valence-electron chi connectivity index (χ2n) is 9.65. The number of benzene rings is 1. The Morgan fingerprint density at radius 2 is 1.86 bits per heavy atom. The van der Waals surface area contributed by atoms with Crippen LogP contribution in [0.3, 0.4) is 0 Å². The van der Waals surface area contributed by atoms with Crippen molar-refractivity contribution in [2.75, 3.05) is 32.2 Å². The summed E-state index contributed by atoms with van der Waals surface area (Å²) in [6, 6.07) is 8.68. The summed E-state index contributed by atoms with van der Waals surface area (Å²) in [5.74, 6) is -0.491. The summed E-state index contributed by atoms with van der Waals surface area (Å²) in [7, 11) is 2.92. The standard InChI is InChI=1S/C23H28N2O4/c1-28-18(26)16-14-21-8-5-12-24-13-11-22(19(21)24)15-6-3-4-7-17(15)25(20(27)29-2)23(16,22)10-9-21/h3-4,6-7,16,19H,5,8-14H2,1-2H3/t16-,19-,21?,22+,23?/m0/s1. The van der Waals surface area contributed by atoms with E-state index in [9.17, 15) is 9.59 Å². The lowest BCUT2D eigenvalue weighted by Crippen LogP contribution is -2.79. The van der Waals surface area contributed by atoms with Crippen molar-refractivity contribution in [1.29, 1.82) is 0 Å². The maximum absolute atomic E-state index is 13.2. The minimum Gasteiger partial charge on any atom is -0.469 e. The van der Waals surface area contributed by atoms with Crippen LogP contribution in [0.2, 0.25) is 0 Å². The highest BCUT2D eigenvalue weighted by atomic mass is 16.5. The van der Waals surface area contributed by atoms with E-state index in [1.807, 2.05) is 17.0 Å². The number of esters is 1. The van der Waals surface area contributed by atoms with Gasteiger partial charge in [-0.1, -0.05) is 18.2 Å². The van der Waals surface area contributed by atoms with E-state index in [4.69, 9.17) is 9.47 Å². The molecule has 0 radical (unpaired) electrons. The lowest BCUT2D eigenvalue weighted by Gasteiger charge is -2.69. The molecule has 3 spiro atoms. The van der Waals surface area contributed by atoms with Crippen molar-refractivity contribution >= 4 is 17.7 Å². The Balaban J connectivity index is 1.69. The van der Waals surface area contributed by atoms with Crippen molar-refractivity contribution in [1.82, 2.24) is 4.90 Å². The van der Waals surface area contributed by atoms with E-state index >= 15 is 0 Å². The molecular formula is C23H28N2O4. The summed E-state index contributed by atoms with van der Waals surface area (Å²) >= 11 is 0. The minimum atomic E-state index is -0.602. The van der Waals surface area contributed by atoms with Crippen LogP contribution >= 0.6 is 0 Å². The van der Waals surface area contributed by atoms with Crippen molar-refractivity contribution in [3.05, 3.63) is 29.8 Å². The number of piperidine rings is 1. The number of para-hydroxylation sites is 1. The van der Waals surface area contributed by atoms with E-state index in [1.165, 1.54) is 32.6 Å². The molecule has 7 rings (SSSR count). The molecule has 5 atom stereocenters. The molecule has 3 saturated carbocycles. The maximum Gasteiger partial charge on any atom is 0.414 e. The van der Waals surface area contributed by atoms with Gasteiger partial charge < -0.3 is 9.47 Å². The number of nitrogens with zero attached hydrogens (tertiary/aromatic N) is 2. The van der Waals surface area contributed by atoms with Gasteiger partial charge in [0.05, 0.1) is 31.4 Å². The van der Waals surface area contributed by atoms with E-state index in [0.717, 1.165) is 44.5 Å². The smallest absolute Gasteiger partial charge is 0.414 e. The van der Waals surface area contributed by atoms with Crippen LogP contribution in [0, 0.1) is 11.3 Å². The van der Waals surface area contributed by atoms with Crippen LogP contribution in [-0.4, -0.2) is 55.9 Å². The summed E-state index contributed by atoms with van der Waals surface area (Å²) in [6.45, 7) is 2.15. The number of hydrogen-bond donors (Lipinski definition) is 0. The molecule has 2 unspecified atom stereocenters. The third-order valence-corrected chi connectivity index (χ3v) is 9.16. The van der Waals surface area contributed by atoms with Gasteiger partial charge in [-0.15, -0.1) is 0 Å². The Morgan fingerprint density at radius 3 is 2.66 bits per heavy atom. The summed E-state index contributed by atoms with van der Waals surface area (Å²) < 4.78 is 10.7. The van der Waals surface area contributed by atoms with E-state index in [-0.39, 0.29) is 28.8 Å². The van der Waals surface area contributed by atoms with E-state index < -0.39 is 5.54 Å². The molecule has 3 aliphatic carbocycles. The zero-order chi connectivity index (χ0) is 20.0. The molecule has 1 amide bonds. The van der Waals surface area contributed by atoms with Crippen LogP contribution in [-0.2, 0) is 19.7 Å². The number of carbonyl (C=O) groups is 2. The molecule has 1 aromatic rings. The van der Waals surface area contributed by atoms with Crippen LogP contribution in [0.5, 0.6) is 0 Å². The predicted octanol–water partition coefficient (Wildman–Crippen LogP) is 3.09. The number of fused-ring (bicyclic) bond motifs is 3. The molecule has 154 valence electrons. The SMILES string of the molecule is COC(=O)[C@@H]1CC23CCCN4CC[C@@]5(c6ccccc6N(C(=O)OC)C15CC2)[C@@H]43. The van der Waals surface area contributed by atoms with Gasteiger partial charge in [-0.25, -0.2) is 4.79 Å². The molecule has 6 aliphatic rings. The van der Waals surface area contributed by atoms with E-state index in [1.54, 1.807) is 0 Å². The number of hydrogen-bond acceptors (Lipinski definition) is 5. The molecule has 6 heteroatoms. The highest BCUT2D eigenvalue weighted by molar-refractivity contribution is 5.97. The van der Waals surface area contributed by atoms with E-state index in [2.05, 4.69) is 17.0 Å². The summed E-state index contributed by atoms with van der Waals surface area (Å²) in [5, 5.41) is 0. The van der Waals surface area contributed by atoms with Crippen molar-refractivity contribution in [3.8, 4) is 0 Å². The fraction of sp³-hybridized carbons (Fsp3) is 0.652. The van der Waals surface area contributed by atoms with Crippen LogP contribution < -0.4 is 4.90 Å². The Kier molecular flexibility index (Phi) is 3.39. The van der Waals surface area contributed by atoms with Crippen LogP contribution in [0.1, 0.15) is 44.1 Å². The zero-order valence-electron chi connectivity index (χ0n) is 17.1. The van der Waals surface area contributed by atoms with Crippen LogP contribution in [0.4, 0.5) is 10.5 Å². The lowest BCUT2D eigenvalue weighted by atomic mass is 9.38. The normalized spacial score (nSPS) is 41.5. The monoisotopic (exact) mass is 396 g/mol. The van der Waals surface area contributed by atoms with Crippen molar-refractivity contribution < 1.29 is 19.1 Å². The molecule has 3 aliphatic heterocycles. The van der Waals surface area contributed by atoms with Crippen LogP contribution in [0.15, 0.2) is 24.3 Å². The van der Waals surface area contributed by atoms with Gasteiger partial charge in [0.1, 0.15) is 0 Å². The fourth-order valence-electron chi connectivity index (χ4n) is 8.59. The minimum absolute atomic E-state index is 0.134. The largest absolute Gasteiger partial charge is 0.469 e. The predicted molar refractivity (Wildman–Crippen MR) is 107 cm³/mol. The lowest BCUT2D eigenvalue weighted by molar-refractivity contribution is -0.174. The van der Waals surface area contributed by atoms with Gasteiger partial charge in [0.15, 0.2) is 0 Å². The van der Waals surface area contributed by atoms with Gasteiger partial charge in [-0.3, -0.25) is 14.6 Å². The Bertz CT molecular complexity index is 918. The highest BCUT2D eigenvalue weighted by Gasteiger charge is 2.81. The van der Waals surface area contributed by atoms with Gasteiger partial charge in [-0.2, -0.15) is 0 Å². The molecule has 29 heavy (non-hydrogen) atoms. The number of ether oxygens (including phenoxy) is 2. The summed E-state index contributed by atoms with van der Waals surface area (Å²) in [5.41, 5.74) is 1.47. The number of anilines is 1. The molecule has 0 N–H and O–H groups in total. The van der Waals surface area contributed by atoms with Crippen molar-refractivity contribution in [2.45, 2.75) is 55.5 Å². The molecule has 1 aromatic carbocycles. The van der Waals surface area contributed by atoms with Crippen molar-refractivity contribution in [3.63, 3.8) is 0 Å². The number of rotatable bonds is 1.